The lowest BCUT2D eigenvalue weighted by Crippen LogP contribution is -2.58. The highest BCUT2D eigenvalue weighted by Crippen LogP contribution is 2.40. The molecule has 2 aliphatic rings. The Labute approximate surface area is 174 Å². The summed E-state index contributed by atoms with van der Waals surface area (Å²) >= 11 is 6.10. The van der Waals surface area contributed by atoms with E-state index in [-0.39, 0.29) is 18.6 Å². The lowest BCUT2D eigenvalue weighted by molar-refractivity contribution is -0.154. The molecule has 1 saturated heterocycles. The maximum atomic E-state index is 13.2. The van der Waals surface area contributed by atoms with Gasteiger partial charge in [-0.25, -0.2) is 4.79 Å². The van der Waals surface area contributed by atoms with Crippen LogP contribution in [0.5, 0.6) is 0 Å². The second-order valence-corrected chi connectivity index (χ2v) is 9.24. The molecule has 158 valence electrons. The molecule has 2 aliphatic heterocycles. The van der Waals surface area contributed by atoms with E-state index < -0.39 is 22.9 Å². The van der Waals surface area contributed by atoms with Gasteiger partial charge in [0.25, 0.3) is 0 Å². The fourth-order valence-electron chi connectivity index (χ4n) is 3.75. The van der Waals surface area contributed by atoms with Crippen LogP contribution < -0.4 is 4.90 Å². The van der Waals surface area contributed by atoms with Crippen LogP contribution in [0.25, 0.3) is 0 Å². The Morgan fingerprint density at radius 3 is 2.48 bits per heavy atom. The summed E-state index contributed by atoms with van der Waals surface area (Å²) in [6.07, 6.45) is 2.10. The zero-order chi connectivity index (χ0) is 21.6. The number of amides is 2. The molecule has 2 amide bonds. The molecule has 0 spiro atoms. The number of carbonyl (C=O) groups excluding carboxylic acids is 2. The number of rotatable bonds is 2. The third-order valence-corrected chi connectivity index (χ3v) is 5.55. The molecule has 0 radical (unpaired) electrons. The summed E-state index contributed by atoms with van der Waals surface area (Å²) in [6.45, 7) is 7.69. The zero-order valence-electron chi connectivity index (χ0n) is 17.1. The quantitative estimate of drug-likeness (QED) is 0.733. The summed E-state index contributed by atoms with van der Waals surface area (Å²) in [5.41, 5.74) is -1.08. The Balaban J connectivity index is 1.84. The molecule has 0 saturated carbocycles. The Hall–Kier alpha value is -2.35. The van der Waals surface area contributed by atoms with Gasteiger partial charge in [-0.1, -0.05) is 11.6 Å². The lowest BCUT2D eigenvalue weighted by atomic mass is 9.79. The maximum absolute atomic E-state index is 13.2. The number of carbonyl (C=O) groups is 3. The first kappa shape index (κ1) is 21.4. The van der Waals surface area contributed by atoms with E-state index in [2.05, 4.69) is 4.98 Å². The number of hydrogen-bond acceptors (Lipinski definition) is 5. The number of nitrogens with zero attached hydrogens (tertiary/aromatic N) is 3. The highest BCUT2D eigenvalue weighted by Gasteiger charge is 2.51. The van der Waals surface area contributed by atoms with Crippen molar-refractivity contribution in [1.82, 2.24) is 9.88 Å². The Bertz CT molecular complexity index is 845. The largest absolute Gasteiger partial charge is 0.480 e. The average Bonchev–Trinajstić information content (AvgIpc) is 2.62. The van der Waals surface area contributed by atoms with E-state index in [9.17, 15) is 19.5 Å². The molecule has 1 fully saturated rings. The number of anilines is 1. The van der Waals surface area contributed by atoms with E-state index in [1.165, 1.54) is 18.0 Å². The monoisotopic (exact) mass is 423 g/mol. The Morgan fingerprint density at radius 2 is 1.93 bits per heavy atom. The lowest BCUT2D eigenvalue weighted by Gasteiger charge is -2.44. The first-order valence-corrected chi connectivity index (χ1v) is 9.99. The number of aromatic nitrogens is 1. The maximum Gasteiger partial charge on any atom is 0.410 e. The molecule has 1 N–H and O–H groups in total. The molecular weight excluding hydrogens is 398 g/mol. The fourth-order valence-corrected chi connectivity index (χ4v) is 3.90. The number of carboxylic acid groups (broad SMARTS) is 1. The third kappa shape index (κ3) is 4.17. The van der Waals surface area contributed by atoms with Crippen LogP contribution in [0.2, 0.25) is 5.02 Å². The molecule has 0 bridgehead atoms. The van der Waals surface area contributed by atoms with Gasteiger partial charge in [-0.2, -0.15) is 0 Å². The van der Waals surface area contributed by atoms with Crippen molar-refractivity contribution in [3.63, 3.8) is 0 Å². The molecule has 3 rings (SSSR count). The molecule has 1 aromatic heterocycles. The molecule has 8 nitrogen and oxygen atoms in total. The topological polar surface area (TPSA) is 100 Å². The van der Waals surface area contributed by atoms with E-state index in [4.69, 9.17) is 16.3 Å². The van der Waals surface area contributed by atoms with Gasteiger partial charge in [0.2, 0.25) is 5.91 Å². The van der Waals surface area contributed by atoms with Crippen LogP contribution in [0.1, 0.15) is 46.2 Å². The van der Waals surface area contributed by atoms with Crippen molar-refractivity contribution < 1.29 is 24.2 Å². The summed E-state index contributed by atoms with van der Waals surface area (Å²) in [5, 5.41) is 10.1. The standard InChI is InChI=1S/C20H26ClN3O5/c1-19(2,3)29-18(28)23-7-5-13(6-8-23)24-15-9-12(21)11-22-14(15)10-20(4,16(24)25)17(26)27/h9,11,13H,5-8,10H2,1-4H3,(H,26,27). The fraction of sp³-hybridized carbons (Fsp3) is 0.600. The number of hydrogen-bond donors (Lipinski definition) is 1. The molecule has 3 heterocycles. The van der Waals surface area contributed by atoms with Crippen molar-refractivity contribution in [2.75, 3.05) is 18.0 Å². The van der Waals surface area contributed by atoms with Gasteiger partial charge in [-0.15, -0.1) is 0 Å². The number of carboxylic acids is 1. The number of likely N-dealkylation sites (tertiary alicyclic amines) is 1. The second kappa shape index (κ2) is 7.48. The third-order valence-electron chi connectivity index (χ3n) is 5.34. The summed E-state index contributed by atoms with van der Waals surface area (Å²) < 4.78 is 5.42. The Kier molecular flexibility index (Phi) is 5.51. The molecule has 9 heteroatoms. The number of halogens is 1. The van der Waals surface area contributed by atoms with Gasteiger partial charge >= 0.3 is 12.1 Å². The summed E-state index contributed by atoms with van der Waals surface area (Å²) in [4.78, 5) is 44.9. The summed E-state index contributed by atoms with van der Waals surface area (Å²) in [6, 6.07) is 1.41. The van der Waals surface area contributed by atoms with Crippen LogP contribution in [-0.4, -0.2) is 57.7 Å². The van der Waals surface area contributed by atoms with E-state index in [1.54, 1.807) is 11.0 Å². The second-order valence-electron chi connectivity index (χ2n) is 8.81. The van der Waals surface area contributed by atoms with E-state index in [1.807, 2.05) is 20.8 Å². The molecule has 0 aromatic carbocycles. The smallest absolute Gasteiger partial charge is 0.410 e. The van der Waals surface area contributed by atoms with Crippen LogP contribution >= 0.6 is 11.6 Å². The predicted octanol–water partition coefficient (Wildman–Crippen LogP) is 3.11. The number of pyridine rings is 1. The van der Waals surface area contributed by atoms with Crippen molar-refractivity contribution >= 4 is 35.3 Å². The normalized spacial score (nSPS) is 23.0. The van der Waals surface area contributed by atoms with Crippen molar-refractivity contribution in [2.24, 2.45) is 5.41 Å². The van der Waals surface area contributed by atoms with Gasteiger partial charge in [-0.05, 0) is 46.6 Å². The van der Waals surface area contributed by atoms with Crippen LogP contribution in [0, 0.1) is 5.41 Å². The van der Waals surface area contributed by atoms with Gasteiger partial charge in [-0.3, -0.25) is 14.6 Å². The highest BCUT2D eigenvalue weighted by molar-refractivity contribution is 6.31. The minimum atomic E-state index is -1.59. The molecule has 0 aliphatic carbocycles. The van der Waals surface area contributed by atoms with E-state index >= 15 is 0 Å². The number of piperidine rings is 1. The van der Waals surface area contributed by atoms with Gasteiger partial charge < -0.3 is 19.6 Å². The SMILES string of the molecule is CC(C)(C)OC(=O)N1CCC(N2C(=O)C(C)(C(=O)O)Cc3ncc(Cl)cc32)CC1. The first-order valence-electron chi connectivity index (χ1n) is 9.62. The van der Waals surface area contributed by atoms with Crippen molar-refractivity contribution in [2.45, 2.75) is 58.6 Å². The molecule has 1 atom stereocenters. The van der Waals surface area contributed by atoms with Crippen molar-refractivity contribution in [1.29, 1.82) is 0 Å². The van der Waals surface area contributed by atoms with E-state index in [0.717, 1.165) is 0 Å². The zero-order valence-corrected chi connectivity index (χ0v) is 17.8. The van der Waals surface area contributed by atoms with Crippen LogP contribution in [-0.2, 0) is 20.7 Å². The molecule has 1 unspecified atom stereocenters. The van der Waals surface area contributed by atoms with Gasteiger partial charge in [0, 0.05) is 31.7 Å². The highest BCUT2D eigenvalue weighted by atomic mass is 35.5. The molecule has 1 aromatic rings. The van der Waals surface area contributed by atoms with Crippen molar-refractivity contribution in [3.8, 4) is 0 Å². The Morgan fingerprint density at radius 1 is 1.31 bits per heavy atom. The van der Waals surface area contributed by atoms with Crippen LogP contribution in [0.3, 0.4) is 0 Å². The van der Waals surface area contributed by atoms with Gasteiger partial charge in [0.15, 0.2) is 0 Å². The van der Waals surface area contributed by atoms with Crippen LogP contribution in [0.4, 0.5) is 10.5 Å². The minimum absolute atomic E-state index is 0.0148. The first-order chi connectivity index (χ1) is 13.4. The summed E-state index contributed by atoms with van der Waals surface area (Å²) in [7, 11) is 0. The summed E-state index contributed by atoms with van der Waals surface area (Å²) in [5.74, 6) is -1.65. The van der Waals surface area contributed by atoms with E-state index in [0.29, 0.717) is 42.3 Å². The average molecular weight is 424 g/mol. The molecule has 29 heavy (non-hydrogen) atoms. The predicted molar refractivity (Wildman–Crippen MR) is 107 cm³/mol. The molecular formula is C20H26ClN3O5. The van der Waals surface area contributed by atoms with Gasteiger partial charge in [0.05, 0.1) is 16.4 Å². The number of fused-ring (bicyclic) bond motifs is 1. The van der Waals surface area contributed by atoms with Gasteiger partial charge in [0.1, 0.15) is 11.0 Å². The number of aliphatic carboxylic acids is 1. The van der Waals surface area contributed by atoms with Crippen molar-refractivity contribution in [3.05, 3.63) is 23.0 Å². The van der Waals surface area contributed by atoms with Crippen LogP contribution in [0.15, 0.2) is 12.3 Å². The minimum Gasteiger partial charge on any atom is -0.480 e. The number of ether oxygens (including phenoxy) is 1.